The second-order valence-electron chi connectivity index (χ2n) is 8.02. The minimum absolute atomic E-state index is 0.0305. The molecule has 12 heteroatoms. The van der Waals surface area contributed by atoms with Gasteiger partial charge in [0.2, 0.25) is 0 Å². The van der Waals surface area contributed by atoms with Crippen LogP contribution in [0.1, 0.15) is 22.0 Å². The zero-order valence-electron chi connectivity index (χ0n) is 19.4. The molecular formula is C24H25Cl2N3O5S2. The summed E-state index contributed by atoms with van der Waals surface area (Å²) >= 11 is 12.8. The summed E-state index contributed by atoms with van der Waals surface area (Å²) in [5.41, 5.74) is 1.77. The highest BCUT2D eigenvalue weighted by molar-refractivity contribution is 7.93. The van der Waals surface area contributed by atoms with Gasteiger partial charge in [-0.2, -0.15) is 0 Å². The molecule has 2 heterocycles. The number of sulfonamides is 1. The number of methoxy groups -OCH3 is 1. The van der Waals surface area contributed by atoms with Crippen LogP contribution in [0.2, 0.25) is 8.67 Å². The number of rotatable bonds is 9. The van der Waals surface area contributed by atoms with Crippen molar-refractivity contribution in [2.75, 3.05) is 44.7 Å². The van der Waals surface area contributed by atoms with Gasteiger partial charge in [-0.05, 0) is 48.0 Å². The Kier molecular flexibility index (Phi) is 8.76. The Hall–Kier alpha value is -2.34. The third-order valence-electron chi connectivity index (χ3n) is 5.76. The molecule has 1 saturated heterocycles. The molecule has 8 nitrogen and oxygen atoms in total. The molecule has 2 N–H and O–H groups in total. The SMILES string of the molecule is COc1ccc(C(CNC(=O)c2ccc(NS(=O)(=O)c3cc(Cl)sc3Cl)cc2)N2CCOCC2)cc1. The smallest absolute Gasteiger partial charge is 0.264 e. The van der Waals surface area contributed by atoms with Crippen LogP contribution in [-0.4, -0.2) is 59.2 Å². The van der Waals surface area contributed by atoms with E-state index in [4.69, 9.17) is 32.7 Å². The van der Waals surface area contributed by atoms with Crippen LogP contribution >= 0.6 is 34.5 Å². The number of hydrogen-bond donors (Lipinski definition) is 2. The Labute approximate surface area is 224 Å². The summed E-state index contributed by atoms with van der Waals surface area (Å²) in [5.74, 6) is 0.507. The molecule has 0 bridgehead atoms. The number of carbonyl (C=O) groups is 1. The number of morpholine rings is 1. The zero-order valence-corrected chi connectivity index (χ0v) is 22.5. The van der Waals surface area contributed by atoms with E-state index in [0.717, 1.165) is 35.7 Å². The van der Waals surface area contributed by atoms with Crippen LogP contribution in [0.25, 0.3) is 0 Å². The lowest BCUT2D eigenvalue weighted by Crippen LogP contribution is -2.43. The molecule has 36 heavy (non-hydrogen) atoms. The van der Waals surface area contributed by atoms with Crippen molar-refractivity contribution in [2.45, 2.75) is 10.9 Å². The molecule has 0 radical (unpaired) electrons. The summed E-state index contributed by atoms with van der Waals surface area (Å²) in [5, 5.41) is 3.01. The third-order valence-corrected chi connectivity index (χ3v) is 8.89. The first-order valence-electron chi connectivity index (χ1n) is 11.1. The maximum absolute atomic E-state index is 12.9. The van der Waals surface area contributed by atoms with Crippen LogP contribution in [0.15, 0.2) is 59.5 Å². The number of nitrogens with zero attached hydrogens (tertiary/aromatic N) is 1. The fourth-order valence-electron chi connectivity index (χ4n) is 3.87. The van der Waals surface area contributed by atoms with Gasteiger partial charge in [0.05, 0.1) is 30.7 Å². The lowest BCUT2D eigenvalue weighted by molar-refractivity contribution is 0.0162. The van der Waals surface area contributed by atoms with Crippen molar-refractivity contribution in [1.82, 2.24) is 10.2 Å². The van der Waals surface area contributed by atoms with E-state index in [-0.39, 0.29) is 25.5 Å². The van der Waals surface area contributed by atoms with Crippen LogP contribution in [0.5, 0.6) is 5.75 Å². The Bertz CT molecular complexity index is 1290. The van der Waals surface area contributed by atoms with Gasteiger partial charge in [0.15, 0.2) is 0 Å². The number of halogens is 2. The largest absolute Gasteiger partial charge is 0.497 e. The predicted octanol–water partition coefficient (Wildman–Crippen LogP) is 4.67. The molecular weight excluding hydrogens is 545 g/mol. The van der Waals surface area contributed by atoms with Crippen LogP contribution in [0.4, 0.5) is 5.69 Å². The highest BCUT2D eigenvalue weighted by Gasteiger charge is 2.24. The summed E-state index contributed by atoms with van der Waals surface area (Å²) < 4.78 is 38.8. The van der Waals surface area contributed by atoms with Crippen molar-refractivity contribution in [3.63, 3.8) is 0 Å². The van der Waals surface area contributed by atoms with Crippen LogP contribution in [-0.2, 0) is 14.8 Å². The summed E-state index contributed by atoms with van der Waals surface area (Å²) in [6.45, 7) is 3.21. The fourth-order valence-corrected chi connectivity index (χ4v) is 7.08. The van der Waals surface area contributed by atoms with Crippen molar-refractivity contribution < 1.29 is 22.7 Å². The van der Waals surface area contributed by atoms with Crippen molar-refractivity contribution in [2.24, 2.45) is 0 Å². The molecule has 2 aromatic carbocycles. The normalized spacial score (nSPS) is 15.3. The third kappa shape index (κ3) is 6.50. The van der Waals surface area contributed by atoms with E-state index in [1.807, 2.05) is 24.3 Å². The van der Waals surface area contributed by atoms with E-state index >= 15 is 0 Å². The fraction of sp³-hybridized carbons (Fsp3) is 0.292. The van der Waals surface area contributed by atoms with Gasteiger partial charge in [-0.1, -0.05) is 35.3 Å². The lowest BCUT2D eigenvalue weighted by atomic mass is 10.0. The van der Waals surface area contributed by atoms with E-state index in [0.29, 0.717) is 31.0 Å². The molecule has 1 aliphatic heterocycles. The van der Waals surface area contributed by atoms with Gasteiger partial charge in [0, 0.05) is 30.9 Å². The first-order valence-corrected chi connectivity index (χ1v) is 14.1. The second kappa shape index (κ2) is 11.8. The average Bonchev–Trinajstić information content (AvgIpc) is 3.24. The maximum Gasteiger partial charge on any atom is 0.264 e. The van der Waals surface area contributed by atoms with Crippen molar-refractivity contribution in [3.8, 4) is 5.75 Å². The van der Waals surface area contributed by atoms with Gasteiger partial charge in [0.1, 0.15) is 15.0 Å². The Morgan fingerprint density at radius 2 is 1.78 bits per heavy atom. The summed E-state index contributed by atoms with van der Waals surface area (Å²) in [6, 6.07) is 15.2. The van der Waals surface area contributed by atoms with E-state index in [9.17, 15) is 13.2 Å². The monoisotopic (exact) mass is 569 g/mol. The molecule has 192 valence electrons. The van der Waals surface area contributed by atoms with Gasteiger partial charge >= 0.3 is 0 Å². The molecule has 1 fully saturated rings. The Balaban J connectivity index is 1.42. The Morgan fingerprint density at radius 3 is 2.36 bits per heavy atom. The van der Waals surface area contributed by atoms with Crippen LogP contribution in [0.3, 0.4) is 0 Å². The lowest BCUT2D eigenvalue weighted by Gasteiger charge is -2.35. The topological polar surface area (TPSA) is 97.0 Å². The highest BCUT2D eigenvalue weighted by Crippen LogP contribution is 2.35. The van der Waals surface area contributed by atoms with Gasteiger partial charge in [0.25, 0.3) is 15.9 Å². The van der Waals surface area contributed by atoms with Gasteiger partial charge in [-0.3, -0.25) is 14.4 Å². The number of hydrogen-bond acceptors (Lipinski definition) is 7. The van der Waals surface area contributed by atoms with Crippen molar-refractivity contribution in [3.05, 3.63) is 74.4 Å². The highest BCUT2D eigenvalue weighted by atomic mass is 35.5. The number of amides is 1. The van der Waals surface area contributed by atoms with Crippen LogP contribution in [0, 0.1) is 0 Å². The number of benzene rings is 2. The number of ether oxygens (including phenoxy) is 2. The predicted molar refractivity (Wildman–Crippen MR) is 142 cm³/mol. The molecule has 1 aliphatic rings. The molecule has 0 spiro atoms. The molecule has 0 saturated carbocycles. The second-order valence-corrected chi connectivity index (χ2v) is 12.0. The number of nitrogens with one attached hydrogen (secondary N) is 2. The van der Waals surface area contributed by atoms with E-state index in [2.05, 4.69) is 14.9 Å². The summed E-state index contributed by atoms with van der Waals surface area (Å²) in [7, 11) is -2.28. The van der Waals surface area contributed by atoms with Crippen molar-refractivity contribution >= 4 is 56.2 Å². The number of thiophene rings is 1. The quantitative estimate of drug-likeness (QED) is 0.388. The molecule has 0 aliphatic carbocycles. The van der Waals surface area contributed by atoms with E-state index in [1.54, 1.807) is 19.2 Å². The van der Waals surface area contributed by atoms with Crippen LogP contribution < -0.4 is 14.8 Å². The number of carbonyl (C=O) groups excluding carboxylic acids is 1. The minimum Gasteiger partial charge on any atom is -0.497 e. The first-order chi connectivity index (χ1) is 17.3. The molecule has 1 atom stereocenters. The first kappa shape index (κ1) is 26.7. The summed E-state index contributed by atoms with van der Waals surface area (Å²) in [4.78, 5) is 15.1. The molecule has 1 aromatic heterocycles. The zero-order chi connectivity index (χ0) is 25.7. The minimum atomic E-state index is -3.91. The van der Waals surface area contributed by atoms with Crippen molar-refractivity contribution in [1.29, 1.82) is 0 Å². The van der Waals surface area contributed by atoms with Gasteiger partial charge in [-0.25, -0.2) is 8.42 Å². The van der Waals surface area contributed by atoms with E-state index in [1.165, 1.54) is 18.2 Å². The molecule has 1 unspecified atom stereocenters. The van der Waals surface area contributed by atoms with Gasteiger partial charge in [-0.15, -0.1) is 11.3 Å². The standard InChI is InChI=1S/C24H25Cl2N3O5S2/c1-33-19-8-4-16(5-9-19)20(29-10-12-34-13-11-29)15-27-24(30)17-2-6-18(7-3-17)28-36(31,32)21-14-22(25)35-23(21)26/h2-9,14,20,28H,10-13,15H2,1H3,(H,27,30). The molecule has 4 rings (SSSR count). The molecule has 3 aromatic rings. The average molecular weight is 571 g/mol. The molecule has 1 amide bonds. The van der Waals surface area contributed by atoms with E-state index < -0.39 is 10.0 Å². The summed E-state index contributed by atoms with van der Waals surface area (Å²) in [6.07, 6.45) is 0. The Morgan fingerprint density at radius 1 is 1.11 bits per heavy atom. The number of anilines is 1. The maximum atomic E-state index is 12.9. The van der Waals surface area contributed by atoms with Gasteiger partial charge < -0.3 is 14.8 Å².